The Morgan fingerprint density at radius 2 is 1.27 bits per heavy atom. The number of hydrogen-bond acceptors (Lipinski definition) is 6. The molecule has 1 atom stereocenters. The Morgan fingerprint density at radius 1 is 0.775 bits per heavy atom. The molecule has 1 rings (SSSR count). The summed E-state index contributed by atoms with van der Waals surface area (Å²) in [6, 6.07) is 4.83. The molecule has 4 N–H and O–H groups in total. The van der Waals surface area contributed by atoms with Crippen molar-refractivity contribution in [2.75, 3.05) is 19.6 Å². The zero-order chi connectivity index (χ0) is 29.8. The number of esters is 1. The summed E-state index contributed by atoms with van der Waals surface area (Å²) in [5.41, 5.74) is -0.281. The maximum Gasteiger partial charge on any atom is 0.335 e. The van der Waals surface area contributed by atoms with Gasteiger partial charge < -0.3 is 25.8 Å². The summed E-state index contributed by atoms with van der Waals surface area (Å²) in [5.74, 6) is -2.45. The Morgan fingerprint density at radius 3 is 1.77 bits per heavy atom. The summed E-state index contributed by atoms with van der Waals surface area (Å²) in [5, 5.41) is 17.6. The lowest BCUT2D eigenvalue weighted by molar-refractivity contribution is -0.154. The first-order valence-corrected chi connectivity index (χ1v) is 14.9. The largest absolute Gasteiger partial charge is 0.478 e. The highest BCUT2D eigenvalue weighted by atomic mass is 16.6. The van der Waals surface area contributed by atoms with Gasteiger partial charge >= 0.3 is 11.9 Å². The van der Waals surface area contributed by atoms with Gasteiger partial charge in [-0.1, -0.05) is 77.6 Å². The monoisotopic (exact) mass is 561 g/mol. The van der Waals surface area contributed by atoms with E-state index in [0.717, 1.165) is 19.3 Å². The first kappa shape index (κ1) is 35.1. The van der Waals surface area contributed by atoms with Crippen LogP contribution in [0.4, 0.5) is 0 Å². The van der Waals surface area contributed by atoms with Gasteiger partial charge in [-0.3, -0.25) is 14.4 Å². The zero-order valence-corrected chi connectivity index (χ0v) is 25.0. The molecule has 1 aromatic rings. The van der Waals surface area contributed by atoms with Crippen molar-refractivity contribution in [3.05, 3.63) is 35.4 Å². The molecule has 0 aliphatic rings. The second-order valence-corrected chi connectivity index (χ2v) is 11.3. The lowest BCUT2D eigenvalue weighted by atomic mass is 10.1. The van der Waals surface area contributed by atoms with Crippen LogP contribution in [0.15, 0.2) is 24.3 Å². The van der Waals surface area contributed by atoms with Gasteiger partial charge in [-0.05, 0) is 58.0 Å². The third-order valence-electron chi connectivity index (χ3n) is 6.43. The van der Waals surface area contributed by atoms with Gasteiger partial charge in [0.25, 0.3) is 5.91 Å². The molecule has 0 saturated carbocycles. The van der Waals surface area contributed by atoms with E-state index in [4.69, 9.17) is 9.84 Å². The molecule has 0 fully saturated rings. The third-order valence-corrected chi connectivity index (χ3v) is 6.43. The number of carboxylic acid groups (broad SMARTS) is 1. The smallest absolute Gasteiger partial charge is 0.335 e. The molecule has 0 aromatic heterocycles. The van der Waals surface area contributed by atoms with Crippen LogP contribution in [0.1, 0.15) is 125 Å². The fourth-order valence-corrected chi connectivity index (χ4v) is 4.22. The molecular weight excluding hydrogens is 510 g/mol. The van der Waals surface area contributed by atoms with E-state index in [1.165, 1.54) is 82.1 Å². The molecular formula is C31H51N3O6. The Labute approximate surface area is 240 Å². The number of rotatable bonds is 21. The fraction of sp³-hybridized carbons (Fsp3) is 0.677. The number of carbonyl (C=O) groups excluding carboxylic acids is 3. The highest BCUT2D eigenvalue weighted by Crippen LogP contribution is 2.12. The molecule has 9 nitrogen and oxygen atoms in total. The first-order valence-electron chi connectivity index (χ1n) is 14.9. The number of carbonyl (C=O) groups is 4. The second kappa shape index (κ2) is 20.0. The molecule has 40 heavy (non-hydrogen) atoms. The summed E-state index contributed by atoms with van der Waals surface area (Å²) in [4.78, 5) is 48.5. The van der Waals surface area contributed by atoms with E-state index in [0.29, 0.717) is 12.1 Å². The lowest BCUT2D eigenvalue weighted by Crippen LogP contribution is -2.52. The molecule has 0 heterocycles. The first-order chi connectivity index (χ1) is 19.0. The Bertz CT molecular complexity index is 895. The molecule has 0 radical (unpaired) electrons. The SMILES string of the molecule is CCCCCCCCCCCCCCN[C@@H](CNC(=O)c1ccc(C(=O)O)cc1)C(=O)NCC(=O)OC(C)(C)C. The Kier molecular flexibility index (Phi) is 17.6. The highest BCUT2D eigenvalue weighted by Gasteiger charge is 2.22. The topological polar surface area (TPSA) is 134 Å². The fourth-order valence-electron chi connectivity index (χ4n) is 4.22. The van der Waals surface area contributed by atoms with Crippen molar-refractivity contribution in [1.82, 2.24) is 16.0 Å². The minimum Gasteiger partial charge on any atom is -0.478 e. The number of nitrogens with one attached hydrogen (secondary N) is 3. The lowest BCUT2D eigenvalue weighted by Gasteiger charge is -2.21. The van der Waals surface area contributed by atoms with Crippen LogP contribution < -0.4 is 16.0 Å². The van der Waals surface area contributed by atoms with Gasteiger partial charge in [-0.2, -0.15) is 0 Å². The number of aromatic carboxylic acids is 1. The quantitative estimate of drug-likeness (QED) is 0.119. The molecule has 1 aromatic carbocycles. The average molecular weight is 562 g/mol. The van der Waals surface area contributed by atoms with Crippen LogP contribution in [0.2, 0.25) is 0 Å². The van der Waals surface area contributed by atoms with Crippen LogP contribution in [-0.4, -0.2) is 60.1 Å². The van der Waals surface area contributed by atoms with E-state index in [1.807, 2.05) is 0 Å². The predicted molar refractivity (Wildman–Crippen MR) is 157 cm³/mol. The molecule has 0 spiro atoms. The van der Waals surface area contributed by atoms with Gasteiger partial charge in [0, 0.05) is 12.1 Å². The third kappa shape index (κ3) is 16.9. The van der Waals surface area contributed by atoms with Gasteiger partial charge in [-0.15, -0.1) is 0 Å². The van der Waals surface area contributed by atoms with E-state index >= 15 is 0 Å². The summed E-state index contributed by atoms with van der Waals surface area (Å²) in [6.07, 6.45) is 14.9. The molecule has 0 aliphatic heterocycles. The molecule has 2 amide bonds. The van der Waals surface area contributed by atoms with Gasteiger partial charge in [-0.25, -0.2) is 4.79 Å². The molecule has 0 bridgehead atoms. The average Bonchev–Trinajstić information content (AvgIpc) is 2.90. The Hall–Kier alpha value is -2.94. The van der Waals surface area contributed by atoms with Gasteiger partial charge in [0.05, 0.1) is 5.56 Å². The van der Waals surface area contributed by atoms with Crippen molar-refractivity contribution < 1.29 is 29.0 Å². The van der Waals surface area contributed by atoms with E-state index in [-0.39, 0.29) is 18.7 Å². The zero-order valence-electron chi connectivity index (χ0n) is 25.0. The number of carboxylic acids is 1. The number of ether oxygens (including phenoxy) is 1. The standard InChI is InChI=1S/C31H51N3O6/c1-5-6-7-8-9-10-11-12-13-14-15-16-21-32-26(29(37)34-23-27(35)40-31(2,3)4)22-33-28(36)24-17-19-25(20-18-24)30(38)39/h17-20,26,32H,5-16,21-23H2,1-4H3,(H,33,36)(H,34,37)(H,38,39)/t26-/m0/s1. The van der Waals surface area contributed by atoms with Gasteiger partial charge in [0.2, 0.25) is 5.91 Å². The van der Waals surface area contributed by atoms with Crippen LogP contribution in [0.25, 0.3) is 0 Å². The Balaban J connectivity index is 2.47. The number of amides is 2. The van der Waals surface area contributed by atoms with Crippen molar-refractivity contribution in [3.8, 4) is 0 Å². The molecule has 0 unspecified atom stereocenters. The van der Waals surface area contributed by atoms with Crippen molar-refractivity contribution in [1.29, 1.82) is 0 Å². The number of unbranched alkanes of at least 4 members (excludes halogenated alkanes) is 11. The predicted octanol–water partition coefficient (Wildman–Crippen LogP) is 5.23. The van der Waals surface area contributed by atoms with Crippen molar-refractivity contribution in [2.45, 2.75) is 116 Å². The maximum atomic E-state index is 12.8. The highest BCUT2D eigenvalue weighted by molar-refractivity contribution is 5.96. The second-order valence-electron chi connectivity index (χ2n) is 11.3. The number of hydrogen-bond donors (Lipinski definition) is 4. The van der Waals surface area contributed by atoms with Gasteiger partial charge in [0.15, 0.2) is 0 Å². The normalized spacial score (nSPS) is 12.0. The van der Waals surface area contributed by atoms with Crippen LogP contribution in [0, 0.1) is 0 Å². The molecule has 0 aliphatic carbocycles. The van der Waals surface area contributed by atoms with Gasteiger partial charge in [0.1, 0.15) is 18.2 Å². The molecule has 226 valence electrons. The van der Waals surface area contributed by atoms with E-state index in [2.05, 4.69) is 22.9 Å². The van der Waals surface area contributed by atoms with Crippen molar-refractivity contribution >= 4 is 23.8 Å². The molecule has 9 heteroatoms. The van der Waals surface area contributed by atoms with Crippen molar-refractivity contribution in [2.24, 2.45) is 0 Å². The van der Waals surface area contributed by atoms with Crippen LogP contribution in [0.5, 0.6) is 0 Å². The van der Waals surface area contributed by atoms with E-state index in [1.54, 1.807) is 20.8 Å². The summed E-state index contributed by atoms with van der Waals surface area (Å²) < 4.78 is 5.25. The van der Waals surface area contributed by atoms with E-state index in [9.17, 15) is 19.2 Å². The van der Waals surface area contributed by atoms with E-state index < -0.39 is 35.4 Å². The van der Waals surface area contributed by atoms with Crippen LogP contribution in [0.3, 0.4) is 0 Å². The summed E-state index contributed by atoms with van der Waals surface area (Å²) in [7, 11) is 0. The molecule has 0 saturated heterocycles. The summed E-state index contributed by atoms with van der Waals surface area (Å²) >= 11 is 0. The maximum absolute atomic E-state index is 12.8. The number of benzene rings is 1. The summed E-state index contributed by atoms with van der Waals surface area (Å²) in [6.45, 7) is 7.85. The van der Waals surface area contributed by atoms with Crippen LogP contribution in [-0.2, 0) is 14.3 Å². The minimum atomic E-state index is -1.07. The van der Waals surface area contributed by atoms with Crippen LogP contribution >= 0.6 is 0 Å². The van der Waals surface area contributed by atoms with Crippen molar-refractivity contribution in [3.63, 3.8) is 0 Å². The minimum absolute atomic E-state index is 0.0118.